The maximum atomic E-state index is 9.28. The third-order valence-corrected chi connectivity index (χ3v) is 5.27. The fourth-order valence-corrected chi connectivity index (χ4v) is 4.08. The van der Waals surface area contributed by atoms with Gasteiger partial charge in [0.2, 0.25) is 0 Å². The van der Waals surface area contributed by atoms with Crippen LogP contribution >= 0.6 is 0 Å². The van der Waals surface area contributed by atoms with Gasteiger partial charge in [-0.3, -0.25) is 0 Å². The van der Waals surface area contributed by atoms with Gasteiger partial charge in [0.15, 0.2) is 0 Å². The average molecular weight is 276 g/mol. The zero-order valence-electron chi connectivity index (χ0n) is 7.03. The molecule has 1 heterocycles. The van der Waals surface area contributed by atoms with E-state index in [1.807, 2.05) is 12.1 Å². The quantitative estimate of drug-likeness (QED) is 0.556. The maximum absolute atomic E-state index is 9.28. The van der Waals surface area contributed by atoms with Crippen molar-refractivity contribution in [1.29, 1.82) is 0 Å². The molecule has 0 atom stereocenters. The Morgan fingerprint density at radius 2 is 2.17 bits per heavy atom. The normalized spacial score (nSPS) is 10.8. The van der Waals surface area contributed by atoms with Gasteiger partial charge in [-0.1, -0.05) is 0 Å². The van der Waals surface area contributed by atoms with E-state index in [0.717, 1.165) is 0 Å². The number of aromatic hydroxyl groups is 1. The zero-order chi connectivity index (χ0) is 8.72. The molecule has 12 heavy (non-hydrogen) atoms. The summed E-state index contributed by atoms with van der Waals surface area (Å²) in [7, 11) is 2.06. The summed E-state index contributed by atoms with van der Waals surface area (Å²) in [5, 5.41) is 9.28. The number of phenols is 1. The number of fused-ring (bicyclic) bond motifs is 1. The van der Waals surface area contributed by atoms with Gasteiger partial charge in [-0.15, -0.1) is 0 Å². The molecule has 0 aliphatic rings. The second kappa shape index (κ2) is 2.76. The van der Waals surface area contributed by atoms with Crippen LogP contribution in [0.1, 0.15) is 3.71 Å². The van der Waals surface area contributed by atoms with E-state index in [1.54, 1.807) is 6.07 Å². The number of hydrogen-bond acceptors (Lipinski definition) is 1. The standard InChI is InChI=1S/C9H9NOTe/c1-6-10(2)8-5-7(11)3-4-9(8)12-6/h3-5H,1-2H3/p+1. The van der Waals surface area contributed by atoms with Gasteiger partial charge in [0.1, 0.15) is 0 Å². The summed E-state index contributed by atoms with van der Waals surface area (Å²) < 4.78 is 5.07. The van der Waals surface area contributed by atoms with E-state index in [0.29, 0.717) is 5.75 Å². The van der Waals surface area contributed by atoms with Crippen LogP contribution in [0.4, 0.5) is 0 Å². The van der Waals surface area contributed by atoms with Crippen LogP contribution in [-0.2, 0) is 7.05 Å². The molecule has 0 unspecified atom stereocenters. The second-order valence-corrected chi connectivity index (χ2v) is 6.36. The number of hydrogen-bond donors (Lipinski definition) is 1. The summed E-state index contributed by atoms with van der Waals surface area (Å²) >= 11 is -0.138. The van der Waals surface area contributed by atoms with Crippen molar-refractivity contribution in [2.75, 3.05) is 0 Å². The predicted molar refractivity (Wildman–Crippen MR) is 48.5 cm³/mol. The van der Waals surface area contributed by atoms with Gasteiger partial charge in [-0.2, -0.15) is 0 Å². The molecule has 0 saturated heterocycles. The van der Waals surface area contributed by atoms with Crippen molar-refractivity contribution in [2.45, 2.75) is 6.92 Å². The van der Waals surface area contributed by atoms with Gasteiger partial charge in [-0.25, -0.2) is 0 Å². The van der Waals surface area contributed by atoms with E-state index in [1.165, 1.54) is 12.6 Å². The third-order valence-electron chi connectivity index (χ3n) is 2.03. The van der Waals surface area contributed by atoms with Crippen molar-refractivity contribution >= 4 is 29.3 Å². The van der Waals surface area contributed by atoms with Crippen LogP contribution in [0.2, 0.25) is 0 Å². The number of nitrogens with zero attached hydrogens (tertiary/aromatic N) is 1. The third kappa shape index (κ3) is 1.14. The predicted octanol–water partition coefficient (Wildman–Crippen LogP) is 0.735. The number of aromatic nitrogens is 1. The monoisotopic (exact) mass is 278 g/mol. The minimum atomic E-state index is -0.138. The molecular formula is C9H10NOTe+. The Morgan fingerprint density at radius 3 is 2.92 bits per heavy atom. The topological polar surface area (TPSA) is 24.1 Å². The zero-order valence-corrected chi connectivity index (χ0v) is 9.37. The van der Waals surface area contributed by atoms with Gasteiger partial charge in [0, 0.05) is 0 Å². The van der Waals surface area contributed by atoms with Gasteiger partial charge in [-0.05, 0) is 0 Å². The van der Waals surface area contributed by atoms with Gasteiger partial charge < -0.3 is 0 Å². The van der Waals surface area contributed by atoms with Crippen LogP contribution in [0.15, 0.2) is 18.2 Å². The molecule has 0 spiro atoms. The Morgan fingerprint density at radius 1 is 1.42 bits per heavy atom. The number of benzene rings is 1. The Bertz CT molecular complexity index is 433. The molecule has 62 valence electrons. The van der Waals surface area contributed by atoms with Crippen molar-refractivity contribution in [2.24, 2.45) is 7.05 Å². The Labute approximate surface area is 80.7 Å². The van der Waals surface area contributed by atoms with Crippen molar-refractivity contribution in [3.05, 3.63) is 21.9 Å². The molecule has 1 N–H and O–H groups in total. The van der Waals surface area contributed by atoms with E-state index in [2.05, 4.69) is 18.5 Å². The summed E-state index contributed by atoms with van der Waals surface area (Å²) in [6, 6.07) is 5.66. The van der Waals surface area contributed by atoms with E-state index in [-0.39, 0.29) is 20.4 Å². The molecule has 1 aromatic carbocycles. The summed E-state index contributed by atoms with van der Waals surface area (Å²) in [5.74, 6) is 0.364. The van der Waals surface area contributed by atoms with Crippen LogP contribution in [0.5, 0.6) is 5.75 Å². The Balaban J connectivity index is 2.88. The van der Waals surface area contributed by atoms with E-state index in [9.17, 15) is 5.11 Å². The first-order valence-corrected chi connectivity index (χ1v) is 6.09. The van der Waals surface area contributed by atoms with Gasteiger partial charge in [0.25, 0.3) is 0 Å². The molecule has 0 bridgehead atoms. The van der Waals surface area contributed by atoms with Crippen molar-refractivity contribution in [3.8, 4) is 5.75 Å². The summed E-state index contributed by atoms with van der Waals surface area (Å²) in [5.41, 5.74) is 1.19. The average Bonchev–Trinajstić information content (AvgIpc) is 2.31. The number of phenolic OH excluding ortho intramolecular Hbond substituents is 1. The van der Waals surface area contributed by atoms with Crippen LogP contribution in [0.25, 0.3) is 8.92 Å². The van der Waals surface area contributed by atoms with Crippen molar-refractivity contribution in [1.82, 2.24) is 0 Å². The molecule has 0 saturated carbocycles. The van der Waals surface area contributed by atoms with E-state index in [4.69, 9.17) is 0 Å². The number of rotatable bonds is 0. The second-order valence-electron chi connectivity index (χ2n) is 2.83. The molecule has 0 amide bonds. The molecule has 0 fully saturated rings. The first-order valence-electron chi connectivity index (χ1n) is 3.76. The molecule has 2 aromatic rings. The molecule has 2 rings (SSSR count). The van der Waals surface area contributed by atoms with Crippen LogP contribution < -0.4 is 4.57 Å². The Kier molecular flexibility index (Phi) is 1.86. The van der Waals surface area contributed by atoms with Gasteiger partial charge >= 0.3 is 80.7 Å². The SMILES string of the molecule is Cc1[te]c2ccc(O)cc2[n+]1C. The number of aryl methyl sites for hydroxylation is 2. The van der Waals surface area contributed by atoms with E-state index >= 15 is 0 Å². The molecule has 1 aromatic heterocycles. The first-order chi connectivity index (χ1) is 5.68. The fraction of sp³-hybridized carbons (Fsp3) is 0.222. The van der Waals surface area contributed by atoms with E-state index < -0.39 is 0 Å². The Hall–Kier alpha value is -0.520. The van der Waals surface area contributed by atoms with Crippen LogP contribution in [0, 0.1) is 6.92 Å². The van der Waals surface area contributed by atoms with Gasteiger partial charge in [0.05, 0.1) is 0 Å². The fourth-order valence-electron chi connectivity index (χ4n) is 1.25. The van der Waals surface area contributed by atoms with Crippen molar-refractivity contribution in [3.63, 3.8) is 0 Å². The summed E-state index contributed by atoms with van der Waals surface area (Å²) in [4.78, 5) is 0. The van der Waals surface area contributed by atoms with Crippen LogP contribution in [0.3, 0.4) is 0 Å². The summed E-state index contributed by atoms with van der Waals surface area (Å²) in [6.07, 6.45) is 0. The molecule has 0 aliphatic heterocycles. The first kappa shape index (κ1) is 8.09. The summed E-state index contributed by atoms with van der Waals surface area (Å²) in [6.45, 7) is 2.17. The molecule has 0 radical (unpaired) electrons. The molecular weight excluding hydrogens is 266 g/mol. The van der Waals surface area contributed by atoms with Crippen LogP contribution in [-0.4, -0.2) is 25.5 Å². The molecule has 3 heteroatoms. The molecule has 2 nitrogen and oxygen atoms in total. The van der Waals surface area contributed by atoms with Crippen molar-refractivity contribution < 1.29 is 9.67 Å². The minimum absolute atomic E-state index is 0.138. The molecule has 0 aliphatic carbocycles.